The Morgan fingerprint density at radius 1 is 1.00 bits per heavy atom. The number of nitriles is 1. The van der Waals surface area contributed by atoms with Gasteiger partial charge in [-0.05, 0) is 56.0 Å². The number of anilines is 1. The van der Waals surface area contributed by atoms with Gasteiger partial charge >= 0.3 is 0 Å². The minimum absolute atomic E-state index is 0.128. The number of hydrogen-bond donors (Lipinski definition) is 0. The van der Waals surface area contributed by atoms with E-state index >= 15 is 0 Å². The van der Waals surface area contributed by atoms with Crippen molar-refractivity contribution in [1.82, 2.24) is 9.97 Å². The van der Waals surface area contributed by atoms with Gasteiger partial charge in [-0.15, -0.1) is 0 Å². The molecule has 0 unspecified atom stereocenters. The van der Waals surface area contributed by atoms with Crippen LogP contribution in [0.1, 0.15) is 35.8 Å². The summed E-state index contributed by atoms with van der Waals surface area (Å²) in [5.74, 6) is 0.506. The second-order valence-electron chi connectivity index (χ2n) is 7.34. The molecule has 7 heteroatoms. The molecule has 0 bridgehead atoms. The van der Waals surface area contributed by atoms with Crippen molar-refractivity contribution in [1.29, 1.82) is 5.26 Å². The van der Waals surface area contributed by atoms with Gasteiger partial charge < -0.3 is 4.90 Å². The second-order valence-corrected chi connectivity index (χ2v) is 9.37. The average molecular weight is 407 g/mol. The van der Waals surface area contributed by atoms with Crippen molar-refractivity contribution >= 4 is 26.7 Å². The first kappa shape index (κ1) is 19.3. The van der Waals surface area contributed by atoms with Gasteiger partial charge in [0.2, 0.25) is 9.84 Å². The fourth-order valence-electron chi connectivity index (χ4n) is 3.72. The van der Waals surface area contributed by atoms with Crippen molar-refractivity contribution in [2.75, 3.05) is 18.0 Å². The van der Waals surface area contributed by atoms with Crippen LogP contribution in [0.4, 0.5) is 5.82 Å². The standard InChI is InChI=1S/C22H22N4O2S/c1-16-8-7-9-17(14-16)29(27,28)20(15-23)21-22(26-12-5-2-6-13-26)25-19-11-4-3-10-18(19)24-21/h3-4,7-11,14,20H,2,5-6,12-13H2,1H3/t20-/m1/s1. The minimum Gasteiger partial charge on any atom is -0.355 e. The molecule has 0 saturated carbocycles. The van der Waals surface area contributed by atoms with E-state index < -0.39 is 15.1 Å². The largest absolute Gasteiger partial charge is 0.355 e. The normalized spacial score (nSPS) is 15.8. The maximum Gasteiger partial charge on any atom is 0.200 e. The summed E-state index contributed by atoms with van der Waals surface area (Å²) in [6, 6.07) is 16.0. The SMILES string of the molecule is Cc1cccc(S(=O)(=O)[C@H](C#N)c2nc3ccccc3nc2N2CCCCC2)c1. The topological polar surface area (TPSA) is 86.9 Å². The smallest absolute Gasteiger partial charge is 0.200 e. The van der Waals surface area contributed by atoms with Gasteiger partial charge in [0.25, 0.3) is 0 Å². The number of aryl methyl sites for hydroxylation is 1. The van der Waals surface area contributed by atoms with Crippen molar-refractivity contribution in [3.8, 4) is 6.07 Å². The van der Waals surface area contributed by atoms with E-state index in [4.69, 9.17) is 4.98 Å². The highest BCUT2D eigenvalue weighted by Crippen LogP contribution is 2.35. The van der Waals surface area contributed by atoms with E-state index in [1.54, 1.807) is 18.2 Å². The van der Waals surface area contributed by atoms with Gasteiger partial charge in [-0.25, -0.2) is 18.4 Å². The lowest BCUT2D eigenvalue weighted by Gasteiger charge is -2.30. The molecule has 1 atom stereocenters. The van der Waals surface area contributed by atoms with Gasteiger partial charge in [0, 0.05) is 13.1 Å². The molecule has 2 heterocycles. The second kappa shape index (κ2) is 7.80. The first-order valence-electron chi connectivity index (χ1n) is 9.72. The molecular formula is C22H22N4O2S. The van der Waals surface area contributed by atoms with Crippen molar-refractivity contribution in [2.24, 2.45) is 0 Å². The highest BCUT2D eigenvalue weighted by atomic mass is 32.2. The molecule has 1 aliphatic rings. The number of rotatable bonds is 4. The summed E-state index contributed by atoms with van der Waals surface area (Å²) in [7, 11) is -3.95. The highest BCUT2D eigenvalue weighted by molar-refractivity contribution is 7.92. The van der Waals surface area contributed by atoms with Crippen LogP contribution in [0.15, 0.2) is 53.4 Å². The summed E-state index contributed by atoms with van der Waals surface area (Å²) in [6.45, 7) is 3.39. The van der Waals surface area contributed by atoms with Crippen molar-refractivity contribution in [3.63, 3.8) is 0 Å². The summed E-state index contributed by atoms with van der Waals surface area (Å²) in [5, 5.41) is 8.51. The number of para-hydroxylation sites is 2. The Bertz CT molecular complexity index is 1190. The molecule has 4 rings (SSSR count). The number of fused-ring (bicyclic) bond motifs is 1. The molecule has 1 aromatic heterocycles. The Morgan fingerprint density at radius 3 is 2.34 bits per heavy atom. The molecule has 148 valence electrons. The predicted molar refractivity (Wildman–Crippen MR) is 112 cm³/mol. The number of piperidine rings is 1. The quantitative estimate of drug-likeness (QED) is 0.652. The van der Waals surface area contributed by atoms with Gasteiger partial charge in [0.05, 0.1) is 22.0 Å². The molecule has 2 aromatic carbocycles. The zero-order chi connectivity index (χ0) is 20.4. The Balaban J connectivity index is 1.91. The molecule has 3 aromatic rings. The highest BCUT2D eigenvalue weighted by Gasteiger charge is 2.35. The minimum atomic E-state index is -3.95. The maximum absolute atomic E-state index is 13.4. The van der Waals surface area contributed by atoms with E-state index in [1.165, 1.54) is 6.07 Å². The average Bonchev–Trinajstić information content (AvgIpc) is 2.74. The third-order valence-electron chi connectivity index (χ3n) is 5.23. The van der Waals surface area contributed by atoms with Crippen molar-refractivity contribution in [3.05, 3.63) is 59.8 Å². The lowest BCUT2D eigenvalue weighted by Crippen LogP contribution is -2.32. The molecular weight excluding hydrogens is 384 g/mol. The number of nitrogens with zero attached hydrogens (tertiary/aromatic N) is 4. The van der Waals surface area contributed by atoms with Crippen molar-refractivity contribution in [2.45, 2.75) is 36.3 Å². The molecule has 1 aliphatic heterocycles. The Morgan fingerprint density at radius 2 is 1.69 bits per heavy atom. The van der Waals surface area contributed by atoms with Crippen LogP contribution in [0, 0.1) is 18.3 Å². The van der Waals surface area contributed by atoms with E-state index in [-0.39, 0.29) is 10.6 Å². The Hall–Kier alpha value is -2.98. The lowest BCUT2D eigenvalue weighted by atomic mass is 10.1. The summed E-state index contributed by atoms with van der Waals surface area (Å²) in [5.41, 5.74) is 2.32. The molecule has 1 saturated heterocycles. The first-order chi connectivity index (χ1) is 14.0. The van der Waals surface area contributed by atoms with E-state index in [2.05, 4.69) is 9.88 Å². The zero-order valence-electron chi connectivity index (χ0n) is 16.2. The molecule has 6 nitrogen and oxygen atoms in total. The number of hydrogen-bond acceptors (Lipinski definition) is 6. The van der Waals surface area contributed by atoms with Gasteiger partial charge in [-0.1, -0.05) is 24.3 Å². The van der Waals surface area contributed by atoms with Crippen LogP contribution in [0.3, 0.4) is 0 Å². The van der Waals surface area contributed by atoms with Crippen LogP contribution in [0.5, 0.6) is 0 Å². The third-order valence-corrected chi connectivity index (χ3v) is 7.09. The van der Waals surface area contributed by atoms with E-state index in [9.17, 15) is 13.7 Å². The van der Waals surface area contributed by atoms with E-state index in [0.717, 1.165) is 37.9 Å². The zero-order valence-corrected chi connectivity index (χ0v) is 17.1. The fraction of sp³-hybridized carbons (Fsp3) is 0.318. The van der Waals surface area contributed by atoms with Gasteiger partial charge in [0.1, 0.15) is 5.69 Å². The van der Waals surface area contributed by atoms with Crippen LogP contribution < -0.4 is 4.90 Å². The number of benzene rings is 2. The van der Waals surface area contributed by atoms with Crippen LogP contribution in [0.25, 0.3) is 11.0 Å². The van der Waals surface area contributed by atoms with Crippen LogP contribution in [-0.2, 0) is 9.84 Å². The summed E-state index contributed by atoms with van der Waals surface area (Å²) >= 11 is 0. The van der Waals surface area contributed by atoms with Crippen LogP contribution in [0.2, 0.25) is 0 Å². The molecule has 0 spiro atoms. The van der Waals surface area contributed by atoms with Crippen molar-refractivity contribution < 1.29 is 8.42 Å². The summed E-state index contributed by atoms with van der Waals surface area (Å²) in [4.78, 5) is 11.6. The first-order valence-corrected chi connectivity index (χ1v) is 11.3. The maximum atomic E-state index is 13.4. The van der Waals surface area contributed by atoms with Gasteiger partial charge in [-0.2, -0.15) is 5.26 Å². The monoisotopic (exact) mass is 406 g/mol. The Labute approximate surface area is 170 Å². The van der Waals surface area contributed by atoms with E-state index in [0.29, 0.717) is 16.9 Å². The number of aromatic nitrogens is 2. The number of sulfone groups is 1. The van der Waals surface area contributed by atoms with Crippen LogP contribution >= 0.6 is 0 Å². The molecule has 0 amide bonds. The summed E-state index contributed by atoms with van der Waals surface area (Å²) < 4.78 is 26.8. The van der Waals surface area contributed by atoms with Crippen LogP contribution in [-0.4, -0.2) is 31.5 Å². The molecule has 29 heavy (non-hydrogen) atoms. The van der Waals surface area contributed by atoms with E-state index in [1.807, 2.05) is 37.3 Å². The molecule has 0 N–H and O–H groups in total. The van der Waals surface area contributed by atoms with Gasteiger partial charge in [-0.3, -0.25) is 0 Å². The van der Waals surface area contributed by atoms with Gasteiger partial charge in [0.15, 0.2) is 11.1 Å². The lowest BCUT2D eigenvalue weighted by molar-refractivity contribution is 0.569. The Kier molecular flexibility index (Phi) is 5.20. The third kappa shape index (κ3) is 3.68. The fourth-order valence-corrected chi connectivity index (χ4v) is 5.21. The summed E-state index contributed by atoms with van der Waals surface area (Å²) in [6.07, 6.45) is 3.15. The molecule has 1 fully saturated rings. The predicted octanol–water partition coefficient (Wildman–Crippen LogP) is 3.97. The molecule has 0 radical (unpaired) electrons. The molecule has 0 aliphatic carbocycles.